The summed E-state index contributed by atoms with van der Waals surface area (Å²) in [6.07, 6.45) is 0. The smallest absolute Gasteiger partial charge is 0.243 e. The van der Waals surface area contributed by atoms with Crippen LogP contribution in [0, 0.1) is 12.7 Å². The van der Waals surface area contributed by atoms with Gasteiger partial charge >= 0.3 is 0 Å². The first-order chi connectivity index (χ1) is 9.95. The van der Waals surface area contributed by atoms with E-state index in [0.717, 1.165) is 15.7 Å². The van der Waals surface area contributed by atoms with Crippen LogP contribution >= 0.6 is 27.5 Å². The SMILES string of the molecule is Cc1cc(Br)ccc1NCC(=O)Nc1ccc(F)c(Cl)c1. The van der Waals surface area contributed by atoms with Gasteiger partial charge in [-0.1, -0.05) is 27.5 Å². The van der Waals surface area contributed by atoms with Crippen LogP contribution < -0.4 is 10.6 Å². The third-order valence-corrected chi connectivity index (χ3v) is 3.61. The molecular weight excluding hydrogens is 359 g/mol. The van der Waals surface area contributed by atoms with E-state index >= 15 is 0 Å². The third-order valence-electron chi connectivity index (χ3n) is 2.83. The largest absolute Gasteiger partial charge is 0.376 e. The molecule has 0 heterocycles. The topological polar surface area (TPSA) is 41.1 Å². The molecule has 0 aliphatic rings. The van der Waals surface area contributed by atoms with Gasteiger partial charge in [0.1, 0.15) is 5.82 Å². The monoisotopic (exact) mass is 370 g/mol. The summed E-state index contributed by atoms with van der Waals surface area (Å²) >= 11 is 9.04. The second-order valence-corrected chi connectivity index (χ2v) is 5.81. The normalized spacial score (nSPS) is 10.3. The Morgan fingerprint density at radius 2 is 2.05 bits per heavy atom. The average molecular weight is 372 g/mol. The van der Waals surface area contributed by atoms with Crippen molar-refractivity contribution in [3.8, 4) is 0 Å². The van der Waals surface area contributed by atoms with Gasteiger partial charge in [-0.05, 0) is 48.9 Å². The molecule has 21 heavy (non-hydrogen) atoms. The number of hydrogen-bond acceptors (Lipinski definition) is 2. The molecule has 0 saturated heterocycles. The Labute approximate surface area is 135 Å². The molecule has 0 radical (unpaired) electrons. The molecule has 0 saturated carbocycles. The zero-order chi connectivity index (χ0) is 15.4. The first kappa shape index (κ1) is 15.8. The lowest BCUT2D eigenvalue weighted by molar-refractivity contribution is -0.114. The molecule has 0 aliphatic heterocycles. The Morgan fingerprint density at radius 3 is 2.71 bits per heavy atom. The molecule has 1 amide bonds. The van der Waals surface area contributed by atoms with E-state index in [1.54, 1.807) is 0 Å². The number of nitrogens with one attached hydrogen (secondary N) is 2. The average Bonchev–Trinajstić information content (AvgIpc) is 2.42. The first-order valence-electron chi connectivity index (χ1n) is 6.20. The fraction of sp³-hybridized carbons (Fsp3) is 0.133. The second kappa shape index (κ2) is 6.91. The van der Waals surface area contributed by atoms with Gasteiger partial charge in [0.05, 0.1) is 11.6 Å². The summed E-state index contributed by atoms with van der Waals surface area (Å²) in [5, 5.41) is 5.67. The van der Waals surface area contributed by atoms with E-state index in [1.807, 2.05) is 25.1 Å². The van der Waals surface area contributed by atoms with Crippen molar-refractivity contribution in [2.24, 2.45) is 0 Å². The molecule has 0 aromatic heterocycles. The lowest BCUT2D eigenvalue weighted by Crippen LogP contribution is -2.22. The summed E-state index contributed by atoms with van der Waals surface area (Å²) in [7, 11) is 0. The van der Waals surface area contributed by atoms with Gasteiger partial charge < -0.3 is 10.6 Å². The molecule has 2 aromatic rings. The molecule has 2 rings (SSSR count). The van der Waals surface area contributed by atoms with Crippen molar-refractivity contribution in [2.45, 2.75) is 6.92 Å². The Balaban J connectivity index is 1.94. The predicted molar refractivity (Wildman–Crippen MR) is 87.4 cm³/mol. The molecule has 0 aliphatic carbocycles. The molecule has 0 spiro atoms. The van der Waals surface area contributed by atoms with Crippen LogP contribution in [0.4, 0.5) is 15.8 Å². The molecule has 3 nitrogen and oxygen atoms in total. The van der Waals surface area contributed by atoms with Gasteiger partial charge in [-0.25, -0.2) is 4.39 Å². The molecule has 2 aromatic carbocycles. The number of anilines is 2. The van der Waals surface area contributed by atoms with Crippen LogP contribution in [0.3, 0.4) is 0 Å². The van der Waals surface area contributed by atoms with Crippen molar-refractivity contribution < 1.29 is 9.18 Å². The fourth-order valence-electron chi connectivity index (χ4n) is 1.78. The fourth-order valence-corrected chi connectivity index (χ4v) is 2.44. The van der Waals surface area contributed by atoms with Crippen LogP contribution in [-0.4, -0.2) is 12.5 Å². The number of rotatable bonds is 4. The van der Waals surface area contributed by atoms with Crippen LogP contribution in [-0.2, 0) is 4.79 Å². The Kier molecular flexibility index (Phi) is 5.20. The highest BCUT2D eigenvalue weighted by molar-refractivity contribution is 9.10. The highest BCUT2D eigenvalue weighted by atomic mass is 79.9. The van der Waals surface area contributed by atoms with Crippen molar-refractivity contribution in [1.29, 1.82) is 0 Å². The van der Waals surface area contributed by atoms with E-state index in [-0.39, 0.29) is 17.5 Å². The summed E-state index contributed by atoms with van der Waals surface area (Å²) in [5.41, 5.74) is 2.37. The molecule has 0 bridgehead atoms. The first-order valence-corrected chi connectivity index (χ1v) is 7.38. The lowest BCUT2D eigenvalue weighted by atomic mass is 10.2. The molecule has 0 unspecified atom stereocenters. The second-order valence-electron chi connectivity index (χ2n) is 4.49. The van der Waals surface area contributed by atoms with E-state index in [0.29, 0.717) is 5.69 Å². The zero-order valence-electron chi connectivity index (χ0n) is 11.2. The van der Waals surface area contributed by atoms with Crippen LogP contribution in [0.5, 0.6) is 0 Å². The van der Waals surface area contributed by atoms with Crippen molar-refractivity contribution >= 4 is 44.8 Å². The maximum absolute atomic E-state index is 13.0. The molecule has 2 N–H and O–H groups in total. The number of carbonyl (C=O) groups excluding carboxylic acids is 1. The summed E-state index contributed by atoms with van der Waals surface area (Å²) in [6, 6.07) is 9.79. The molecule has 0 fully saturated rings. The number of hydrogen-bond donors (Lipinski definition) is 2. The van der Waals surface area contributed by atoms with Crippen LogP contribution in [0.25, 0.3) is 0 Å². The number of halogens is 3. The van der Waals surface area contributed by atoms with E-state index < -0.39 is 5.82 Å². The van der Waals surface area contributed by atoms with Gasteiger partial charge in [0, 0.05) is 15.8 Å². The molecular formula is C15H13BrClFN2O. The maximum atomic E-state index is 13.0. The highest BCUT2D eigenvalue weighted by Gasteiger charge is 2.06. The van der Waals surface area contributed by atoms with Crippen molar-refractivity contribution in [3.63, 3.8) is 0 Å². The van der Waals surface area contributed by atoms with Gasteiger partial charge in [-0.15, -0.1) is 0 Å². The Hall–Kier alpha value is -1.59. The number of carbonyl (C=O) groups is 1. The number of benzene rings is 2. The summed E-state index contributed by atoms with van der Waals surface area (Å²) in [5.74, 6) is -0.752. The molecule has 0 atom stereocenters. The predicted octanol–water partition coefficient (Wildman–Crippen LogP) is 4.60. The van der Waals surface area contributed by atoms with Gasteiger partial charge in [-0.2, -0.15) is 0 Å². The van der Waals surface area contributed by atoms with E-state index in [4.69, 9.17) is 11.6 Å². The molecule has 6 heteroatoms. The minimum atomic E-state index is -0.515. The Bertz CT molecular complexity index is 679. The maximum Gasteiger partial charge on any atom is 0.243 e. The van der Waals surface area contributed by atoms with Crippen molar-refractivity contribution in [1.82, 2.24) is 0 Å². The van der Waals surface area contributed by atoms with E-state index in [9.17, 15) is 9.18 Å². The highest BCUT2D eigenvalue weighted by Crippen LogP contribution is 2.21. The Morgan fingerprint density at radius 1 is 1.29 bits per heavy atom. The minimum Gasteiger partial charge on any atom is -0.376 e. The summed E-state index contributed by atoms with van der Waals surface area (Å²) in [6.45, 7) is 2.06. The summed E-state index contributed by atoms with van der Waals surface area (Å²) < 4.78 is 14.0. The summed E-state index contributed by atoms with van der Waals surface area (Å²) in [4.78, 5) is 11.8. The van der Waals surface area contributed by atoms with Crippen molar-refractivity contribution in [3.05, 3.63) is 57.3 Å². The van der Waals surface area contributed by atoms with Crippen LogP contribution in [0.15, 0.2) is 40.9 Å². The van der Waals surface area contributed by atoms with Gasteiger partial charge in [0.25, 0.3) is 0 Å². The van der Waals surface area contributed by atoms with Crippen LogP contribution in [0.1, 0.15) is 5.56 Å². The number of amides is 1. The van der Waals surface area contributed by atoms with E-state index in [2.05, 4.69) is 26.6 Å². The molecule has 110 valence electrons. The third kappa shape index (κ3) is 4.44. The van der Waals surface area contributed by atoms with E-state index in [1.165, 1.54) is 18.2 Å². The number of aryl methyl sites for hydroxylation is 1. The van der Waals surface area contributed by atoms with Gasteiger partial charge in [-0.3, -0.25) is 4.79 Å². The van der Waals surface area contributed by atoms with Crippen molar-refractivity contribution in [2.75, 3.05) is 17.2 Å². The van der Waals surface area contributed by atoms with Gasteiger partial charge in [0.15, 0.2) is 0 Å². The zero-order valence-corrected chi connectivity index (χ0v) is 13.6. The standard InChI is InChI=1S/C15H13BrClFN2O/c1-9-6-10(16)2-5-14(9)19-8-15(21)20-11-3-4-13(18)12(17)7-11/h2-7,19H,8H2,1H3,(H,20,21). The van der Waals surface area contributed by atoms with Gasteiger partial charge in [0.2, 0.25) is 5.91 Å². The lowest BCUT2D eigenvalue weighted by Gasteiger charge is -2.10. The van der Waals surface area contributed by atoms with Crippen LogP contribution in [0.2, 0.25) is 5.02 Å². The quantitative estimate of drug-likeness (QED) is 0.824. The minimum absolute atomic E-state index is 0.0236.